The Bertz CT molecular complexity index is 386. The Morgan fingerprint density at radius 3 is 2.17 bits per heavy atom. The second-order valence-corrected chi connectivity index (χ2v) is 7.37. The van der Waals surface area contributed by atoms with Crippen LogP contribution in [0.2, 0.25) is 0 Å². The Kier molecular flexibility index (Phi) is 6.03. The second kappa shape index (κ2) is 7.05. The molecule has 0 spiro atoms. The van der Waals surface area contributed by atoms with Crippen molar-refractivity contribution >= 4 is 10.8 Å². The van der Waals surface area contributed by atoms with Crippen LogP contribution in [0.5, 0.6) is 0 Å². The maximum absolute atomic E-state index is 12.3. The summed E-state index contributed by atoms with van der Waals surface area (Å²) in [6, 6.07) is 8.67. The van der Waals surface area contributed by atoms with Gasteiger partial charge in [0, 0.05) is 22.1 Å². The van der Waals surface area contributed by atoms with E-state index in [0.717, 1.165) is 6.54 Å². The molecule has 1 aromatic carbocycles. The van der Waals surface area contributed by atoms with E-state index in [1.54, 1.807) is 0 Å². The third-order valence-corrected chi connectivity index (χ3v) is 5.10. The molecule has 0 saturated heterocycles. The van der Waals surface area contributed by atoms with Crippen molar-refractivity contribution in [2.45, 2.75) is 51.2 Å². The predicted molar refractivity (Wildman–Crippen MR) is 80.3 cm³/mol. The van der Waals surface area contributed by atoms with Crippen molar-refractivity contribution in [1.29, 1.82) is 0 Å². The van der Waals surface area contributed by atoms with E-state index in [9.17, 15) is 4.21 Å². The average molecular weight is 267 g/mol. The van der Waals surface area contributed by atoms with Crippen LogP contribution in [0.25, 0.3) is 0 Å². The largest absolute Gasteiger partial charge is 0.309 e. The molecule has 3 unspecified atom stereocenters. The molecule has 0 aliphatic heterocycles. The molecule has 1 aromatic rings. The molecule has 1 N–H and O–H groups in total. The van der Waals surface area contributed by atoms with Gasteiger partial charge in [-0.1, -0.05) is 50.6 Å². The smallest absolute Gasteiger partial charge is 0.0517 e. The molecule has 3 heteroatoms. The molecule has 0 fully saturated rings. The van der Waals surface area contributed by atoms with Gasteiger partial charge < -0.3 is 5.32 Å². The molecule has 0 aliphatic rings. The third-order valence-electron chi connectivity index (χ3n) is 3.16. The lowest BCUT2D eigenvalue weighted by molar-refractivity contribution is 0.533. The van der Waals surface area contributed by atoms with Crippen LogP contribution in [0.1, 0.15) is 44.9 Å². The molecular weight excluding hydrogens is 242 g/mol. The van der Waals surface area contributed by atoms with Crippen molar-refractivity contribution in [3.63, 3.8) is 0 Å². The van der Waals surface area contributed by atoms with Crippen LogP contribution in [0.3, 0.4) is 0 Å². The van der Waals surface area contributed by atoms with Gasteiger partial charge in [0.2, 0.25) is 0 Å². The molecule has 0 amide bonds. The van der Waals surface area contributed by atoms with Crippen molar-refractivity contribution in [3.05, 3.63) is 35.4 Å². The van der Waals surface area contributed by atoms with E-state index in [0.29, 0.717) is 0 Å². The van der Waals surface area contributed by atoms with Crippen molar-refractivity contribution in [2.75, 3.05) is 6.54 Å². The summed E-state index contributed by atoms with van der Waals surface area (Å²) in [6.45, 7) is 11.2. The summed E-state index contributed by atoms with van der Waals surface area (Å²) in [7, 11) is -0.816. The molecule has 0 aromatic heterocycles. The Labute approximate surface area is 114 Å². The molecular formula is C15H25NOS. The summed E-state index contributed by atoms with van der Waals surface area (Å²) in [4.78, 5) is 0. The molecule has 18 heavy (non-hydrogen) atoms. The van der Waals surface area contributed by atoms with Crippen molar-refractivity contribution in [1.82, 2.24) is 5.32 Å². The maximum Gasteiger partial charge on any atom is 0.0517 e. The first-order valence-electron chi connectivity index (χ1n) is 6.66. The quantitative estimate of drug-likeness (QED) is 0.857. The van der Waals surface area contributed by atoms with Crippen molar-refractivity contribution < 1.29 is 4.21 Å². The van der Waals surface area contributed by atoms with E-state index < -0.39 is 10.8 Å². The summed E-state index contributed by atoms with van der Waals surface area (Å²) < 4.78 is 12.3. The highest BCUT2D eigenvalue weighted by molar-refractivity contribution is 7.86. The number of nitrogens with one attached hydrogen (secondary N) is 1. The fourth-order valence-electron chi connectivity index (χ4n) is 2.11. The van der Waals surface area contributed by atoms with Gasteiger partial charge in [-0.25, -0.2) is 0 Å². The molecule has 102 valence electrons. The van der Waals surface area contributed by atoms with Gasteiger partial charge in [-0.15, -0.1) is 0 Å². The van der Waals surface area contributed by atoms with Crippen LogP contribution in [0, 0.1) is 6.92 Å². The summed E-state index contributed by atoms with van der Waals surface area (Å²) in [5.74, 6) is 0. The zero-order chi connectivity index (χ0) is 13.7. The number of aryl methyl sites for hydroxylation is 1. The highest BCUT2D eigenvalue weighted by Crippen LogP contribution is 2.22. The third kappa shape index (κ3) is 3.92. The van der Waals surface area contributed by atoms with Gasteiger partial charge in [0.15, 0.2) is 0 Å². The lowest BCUT2D eigenvalue weighted by Gasteiger charge is -2.26. The van der Waals surface area contributed by atoms with E-state index in [2.05, 4.69) is 50.4 Å². The van der Waals surface area contributed by atoms with E-state index in [1.165, 1.54) is 11.1 Å². The molecule has 0 heterocycles. The molecule has 0 radical (unpaired) electrons. The van der Waals surface area contributed by atoms with Gasteiger partial charge in [-0.3, -0.25) is 4.21 Å². The fourth-order valence-corrected chi connectivity index (χ4v) is 3.49. The van der Waals surface area contributed by atoms with Crippen LogP contribution < -0.4 is 5.32 Å². The van der Waals surface area contributed by atoms with Gasteiger partial charge in [0.25, 0.3) is 0 Å². The first-order valence-corrected chi connectivity index (χ1v) is 7.94. The standard InChI is InChI=1S/C15H25NOS/c1-6-16-15(13(5)18(17)11(2)3)14-9-7-12(4)8-10-14/h7-11,13,15-16H,6H2,1-5H3. The van der Waals surface area contributed by atoms with E-state index in [1.807, 2.05) is 13.8 Å². The number of rotatable bonds is 6. The van der Waals surface area contributed by atoms with Crippen LogP contribution in [-0.2, 0) is 10.8 Å². The van der Waals surface area contributed by atoms with Crippen molar-refractivity contribution in [2.24, 2.45) is 0 Å². The van der Waals surface area contributed by atoms with Gasteiger partial charge in [-0.05, 0) is 26.0 Å². The van der Waals surface area contributed by atoms with Gasteiger partial charge in [-0.2, -0.15) is 0 Å². The summed E-state index contributed by atoms with van der Waals surface area (Å²) in [5, 5.41) is 3.78. The lowest BCUT2D eigenvalue weighted by Crippen LogP contribution is -2.35. The Hall–Kier alpha value is -0.670. The normalized spacial score (nSPS) is 16.6. The molecule has 2 nitrogen and oxygen atoms in total. The number of benzene rings is 1. The van der Waals surface area contributed by atoms with Crippen LogP contribution in [-0.4, -0.2) is 21.3 Å². The van der Waals surface area contributed by atoms with Crippen molar-refractivity contribution in [3.8, 4) is 0 Å². The first kappa shape index (κ1) is 15.4. The fraction of sp³-hybridized carbons (Fsp3) is 0.600. The lowest BCUT2D eigenvalue weighted by atomic mass is 10.0. The highest BCUT2D eigenvalue weighted by Gasteiger charge is 2.25. The molecule has 1 rings (SSSR count). The van der Waals surface area contributed by atoms with E-state index >= 15 is 0 Å². The highest BCUT2D eigenvalue weighted by atomic mass is 32.2. The van der Waals surface area contributed by atoms with Gasteiger partial charge >= 0.3 is 0 Å². The van der Waals surface area contributed by atoms with Crippen LogP contribution in [0.4, 0.5) is 0 Å². The monoisotopic (exact) mass is 267 g/mol. The minimum absolute atomic E-state index is 0.118. The molecule has 3 atom stereocenters. The van der Waals surface area contributed by atoms with Gasteiger partial charge in [0.05, 0.1) is 5.25 Å². The zero-order valence-electron chi connectivity index (χ0n) is 12.1. The minimum atomic E-state index is -0.816. The van der Waals surface area contributed by atoms with E-state index in [4.69, 9.17) is 0 Å². The molecule has 0 bridgehead atoms. The first-order chi connectivity index (χ1) is 8.47. The summed E-state index contributed by atoms with van der Waals surface area (Å²) >= 11 is 0. The average Bonchev–Trinajstić information content (AvgIpc) is 2.35. The Morgan fingerprint density at radius 2 is 1.72 bits per heavy atom. The zero-order valence-corrected chi connectivity index (χ0v) is 12.9. The Balaban J connectivity index is 2.94. The second-order valence-electron chi connectivity index (χ2n) is 5.03. The van der Waals surface area contributed by atoms with E-state index in [-0.39, 0.29) is 16.5 Å². The predicted octanol–water partition coefficient (Wildman–Crippen LogP) is 3.19. The summed E-state index contributed by atoms with van der Waals surface area (Å²) in [6.07, 6.45) is 0. The maximum atomic E-state index is 12.3. The van der Waals surface area contributed by atoms with Crippen LogP contribution >= 0.6 is 0 Å². The van der Waals surface area contributed by atoms with Gasteiger partial charge in [0.1, 0.15) is 0 Å². The topological polar surface area (TPSA) is 29.1 Å². The number of hydrogen-bond acceptors (Lipinski definition) is 2. The minimum Gasteiger partial charge on any atom is -0.309 e. The SMILES string of the molecule is CCNC(c1ccc(C)cc1)C(C)S(=O)C(C)C. The summed E-state index contributed by atoms with van der Waals surface area (Å²) in [5.41, 5.74) is 2.48. The van der Waals surface area contributed by atoms with Crippen LogP contribution in [0.15, 0.2) is 24.3 Å². The molecule has 0 saturated carbocycles. The Morgan fingerprint density at radius 1 is 1.17 bits per heavy atom. The number of hydrogen-bond donors (Lipinski definition) is 1. The molecule has 0 aliphatic carbocycles.